The van der Waals surface area contributed by atoms with E-state index in [0.717, 1.165) is 61.7 Å². The minimum absolute atomic E-state index is 0.112. The molecule has 0 unspecified atom stereocenters. The Bertz CT molecular complexity index is 1110. The fraction of sp³-hybridized carbons (Fsp3) is 0.417. The predicted molar refractivity (Wildman–Crippen MR) is 125 cm³/mol. The van der Waals surface area contributed by atoms with E-state index in [0.29, 0.717) is 6.54 Å². The molecule has 0 bridgehead atoms. The molecule has 5 nitrogen and oxygen atoms in total. The highest BCUT2D eigenvalue weighted by Crippen LogP contribution is 2.34. The summed E-state index contributed by atoms with van der Waals surface area (Å²) in [5, 5.41) is 0.864. The number of aromatic nitrogens is 2. The number of allylic oxidation sites excluding steroid dienone is 1. The Hall–Kier alpha value is -2.44. The highest BCUT2D eigenvalue weighted by Gasteiger charge is 2.25. The van der Waals surface area contributed by atoms with Crippen molar-refractivity contribution in [3.05, 3.63) is 69.3 Å². The van der Waals surface area contributed by atoms with Crippen LogP contribution < -0.4 is 10.5 Å². The van der Waals surface area contributed by atoms with E-state index < -0.39 is 0 Å². The van der Waals surface area contributed by atoms with Gasteiger partial charge >= 0.3 is 0 Å². The Labute approximate surface area is 181 Å². The zero-order chi connectivity index (χ0) is 20.5. The van der Waals surface area contributed by atoms with E-state index >= 15 is 0 Å². The number of hydrogen-bond donors (Lipinski definition) is 0. The van der Waals surface area contributed by atoms with Crippen molar-refractivity contribution in [1.82, 2.24) is 14.5 Å². The average Bonchev–Trinajstić information content (AvgIpc) is 3.16. The fourth-order valence-corrected chi connectivity index (χ4v) is 5.96. The van der Waals surface area contributed by atoms with Gasteiger partial charge in [-0.25, -0.2) is 4.98 Å². The van der Waals surface area contributed by atoms with Crippen LogP contribution in [0.1, 0.15) is 28.8 Å². The van der Waals surface area contributed by atoms with Crippen LogP contribution in [0.3, 0.4) is 0 Å². The third kappa shape index (κ3) is 3.59. The predicted octanol–water partition coefficient (Wildman–Crippen LogP) is 3.85. The van der Waals surface area contributed by atoms with Gasteiger partial charge in [0, 0.05) is 44.1 Å². The summed E-state index contributed by atoms with van der Waals surface area (Å²) in [4.78, 5) is 25.6. The van der Waals surface area contributed by atoms with Gasteiger partial charge in [-0.3, -0.25) is 14.3 Å². The first-order chi connectivity index (χ1) is 14.7. The number of piperazine rings is 1. The second-order valence-electron chi connectivity index (χ2n) is 8.26. The highest BCUT2D eigenvalue weighted by atomic mass is 32.1. The van der Waals surface area contributed by atoms with E-state index in [-0.39, 0.29) is 5.56 Å². The molecule has 1 aliphatic heterocycles. The molecule has 0 N–H and O–H groups in total. The molecule has 30 heavy (non-hydrogen) atoms. The van der Waals surface area contributed by atoms with E-state index in [1.54, 1.807) is 11.3 Å². The van der Waals surface area contributed by atoms with E-state index in [1.165, 1.54) is 28.8 Å². The summed E-state index contributed by atoms with van der Waals surface area (Å²) < 4.78 is 1.84. The first kappa shape index (κ1) is 19.5. The molecule has 156 valence electrons. The van der Waals surface area contributed by atoms with Gasteiger partial charge in [-0.05, 0) is 36.8 Å². The van der Waals surface area contributed by atoms with Crippen molar-refractivity contribution in [3.8, 4) is 0 Å². The summed E-state index contributed by atoms with van der Waals surface area (Å²) in [6, 6.07) is 10.6. The molecule has 3 aromatic rings. The van der Waals surface area contributed by atoms with Crippen LogP contribution in [-0.2, 0) is 25.9 Å². The number of aryl methyl sites for hydroxylation is 2. The zero-order valence-electron chi connectivity index (χ0n) is 17.3. The van der Waals surface area contributed by atoms with Gasteiger partial charge in [-0.1, -0.05) is 36.4 Å². The van der Waals surface area contributed by atoms with Gasteiger partial charge in [0.15, 0.2) is 0 Å². The minimum atomic E-state index is 0.112. The third-order valence-electron chi connectivity index (χ3n) is 6.27. The molecule has 6 heteroatoms. The molecule has 2 aliphatic rings. The van der Waals surface area contributed by atoms with Gasteiger partial charge in [-0.15, -0.1) is 17.9 Å². The van der Waals surface area contributed by atoms with Crippen LogP contribution >= 0.6 is 11.3 Å². The summed E-state index contributed by atoms with van der Waals surface area (Å²) in [6.45, 7) is 9.07. The molecule has 1 aliphatic carbocycles. The first-order valence-electron chi connectivity index (χ1n) is 10.9. The monoisotopic (exact) mass is 420 g/mol. The summed E-state index contributed by atoms with van der Waals surface area (Å²) in [7, 11) is 0. The number of fused-ring (bicyclic) bond motifs is 3. The molecular weight excluding hydrogens is 392 g/mol. The molecule has 1 fully saturated rings. The average molecular weight is 421 g/mol. The molecule has 1 aromatic carbocycles. The van der Waals surface area contributed by atoms with E-state index in [9.17, 15) is 4.79 Å². The largest absolute Gasteiger partial charge is 0.340 e. The van der Waals surface area contributed by atoms with E-state index in [2.05, 4.69) is 46.7 Å². The maximum absolute atomic E-state index is 13.5. The molecule has 0 atom stereocenters. The number of nitrogens with zero attached hydrogens (tertiary/aromatic N) is 4. The van der Waals surface area contributed by atoms with Crippen LogP contribution in [0.15, 0.2) is 47.8 Å². The molecule has 2 aromatic heterocycles. The number of thiophene rings is 1. The Balaban J connectivity index is 1.43. The lowest BCUT2D eigenvalue weighted by Crippen LogP contribution is -2.48. The molecule has 5 rings (SSSR count). The van der Waals surface area contributed by atoms with Crippen molar-refractivity contribution >= 4 is 27.5 Å². The van der Waals surface area contributed by atoms with Crippen molar-refractivity contribution in [2.75, 3.05) is 31.1 Å². The van der Waals surface area contributed by atoms with Gasteiger partial charge in [0.2, 0.25) is 5.95 Å². The number of anilines is 1. The molecule has 0 spiro atoms. The Kier molecular flexibility index (Phi) is 5.44. The quantitative estimate of drug-likeness (QED) is 0.588. The van der Waals surface area contributed by atoms with Gasteiger partial charge < -0.3 is 4.90 Å². The van der Waals surface area contributed by atoms with Crippen molar-refractivity contribution in [3.63, 3.8) is 0 Å². The molecular formula is C24H28N4OS. The molecule has 0 radical (unpaired) electrons. The van der Waals surface area contributed by atoms with E-state index in [1.807, 2.05) is 10.6 Å². The zero-order valence-corrected chi connectivity index (χ0v) is 18.2. The standard InChI is InChI=1S/C24H28N4OS/c1-2-12-28-23(29)21-19-10-6-7-11-20(19)30-22(21)25-24(28)27-15-13-26(14-16-27)17-18-8-4-3-5-9-18/h2-5,8-9H,1,6-7,10-17H2. The normalized spacial score (nSPS) is 17.3. The van der Waals surface area contributed by atoms with Crippen LogP contribution in [0.2, 0.25) is 0 Å². The molecule has 0 amide bonds. The highest BCUT2D eigenvalue weighted by molar-refractivity contribution is 7.18. The van der Waals surface area contributed by atoms with Crippen LogP contribution in [0.25, 0.3) is 10.2 Å². The number of rotatable bonds is 5. The van der Waals surface area contributed by atoms with Gasteiger partial charge in [0.25, 0.3) is 5.56 Å². The summed E-state index contributed by atoms with van der Waals surface area (Å²) in [5.74, 6) is 0.811. The lowest BCUT2D eigenvalue weighted by Gasteiger charge is -2.36. The maximum atomic E-state index is 13.5. The van der Waals surface area contributed by atoms with Crippen molar-refractivity contribution in [2.45, 2.75) is 38.8 Å². The maximum Gasteiger partial charge on any atom is 0.264 e. The Morgan fingerprint density at radius 3 is 2.60 bits per heavy atom. The van der Waals surface area contributed by atoms with Crippen molar-refractivity contribution in [1.29, 1.82) is 0 Å². The fourth-order valence-electron chi connectivity index (χ4n) is 4.71. The second-order valence-corrected chi connectivity index (χ2v) is 9.34. The van der Waals surface area contributed by atoms with Crippen molar-refractivity contribution in [2.24, 2.45) is 0 Å². The van der Waals surface area contributed by atoms with Gasteiger partial charge in [0.1, 0.15) is 4.83 Å². The Morgan fingerprint density at radius 1 is 1.07 bits per heavy atom. The lowest BCUT2D eigenvalue weighted by atomic mass is 9.97. The van der Waals surface area contributed by atoms with Crippen LogP contribution in [0, 0.1) is 0 Å². The smallest absolute Gasteiger partial charge is 0.264 e. The van der Waals surface area contributed by atoms with Gasteiger partial charge in [-0.2, -0.15) is 0 Å². The van der Waals surface area contributed by atoms with Crippen LogP contribution in [0.5, 0.6) is 0 Å². The summed E-state index contributed by atoms with van der Waals surface area (Å²) in [5.41, 5.74) is 2.72. The van der Waals surface area contributed by atoms with Crippen molar-refractivity contribution < 1.29 is 0 Å². The molecule has 1 saturated heterocycles. The SMILES string of the molecule is C=CCn1c(N2CCN(Cc3ccccc3)CC2)nc2sc3c(c2c1=O)CCCC3. The summed E-state index contributed by atoms with van der Waals surface area (Å²) >= 11 is 1.73. The second kappa shape index (κ2) is 8.36. The minimum Gasteiger partial charge on any atom is -0.340 e. The van der Waals surface area contributed by atoms with E-state index in [4.69, 9.17) is 4.98 Å². The molecule has 0 saturated carbocycles. The topological polar surface area (TPSA) is 41.4 Å². The molecule has 3 heterocycles. The van der Waals surface area contributed by atoms with Crippen LogP contribution in [0.4, 0.5) is 5.95 Å². The lowest BCUT2D eigenvalue weighted by molar-refractivity contribution is 0.248. The first-order valence-corrected chi connectivity index (χ1v) is 11.7. The Morgan fingerprint density at radius 2 is 1.83 bits per heavy atom. The third-order valence-corrected chi connectivity index (χ3v) is 7.46. The number of hydrogen-bond acceptors (Lipinski definition) is 5. The summed E-state index contributed by atoms with van der Waals surface area (Å²) in [6.07, 6.45) is 6.30. The van der Waals surface area contributed by atoms with Crippen LogP contribution in [-0.4, -0.2) is 40.6 Å². The van der Waals surface area contributed by atoms with Gasteiger partial charge in [0.05, 0.1) is 5.39 Å². The number of benzene rings is 1.